The fourth-order valence-corrected chi connectivity index (χ4v) is 1.15. The average Bonchev–Trinajstić information content (AvgIpc) is 2.09. The molecule has 0 bridgehead atoms. The molecule has 3 heteroatoms. The number of benzene rings is 1. The molecule has 0 fully saturated rings. The first-order chi connectivity index (χ1) is 6.13. The van der Waals surface area contributed by atoms with Crippen LogP contribution in [0, 0.1) is 23.6 Å². The van der Waals surface area contributed by atoms with Crippen LogP contribution in [0.2, 0.25) is 0 Å². The van der Waals surface area contributed by atoms with Crippen molar-refractivity contribution in [1.82, 2.24) is 0 Å². The van der Waals surface area contributed by atoms with E-state index in [1.54, 1.807) is 0 Å². The summed E-state index contributed by atoms with van der Waals surface area (Å²) < 4.78 is 25.5. The smallest absolute Gasteiger partial charge is 0.137 e. The average molecular weight is 231 g/mol. The van der Waals surface area contributed by atoms with Gasteiger partial charge in [-0.25, -0.2) is 8.78 Å². The molecule has 0 saturated carbocycles. The molecule has 1 rings (SSSR count). The molecule has 0 aromatic heterocycles. The van der Waals surface area contributed by atoms with Gasteiger partial charge in [-0.15, -0.1) is 0 Å². The van der Waals surface area contributed by atoms with Crippen molar-refractivity contribution in [3.05, 3.63) is 35.4 Å². The van der Waals surface area contributed by atoms with Crippen LogP contribution in [0.25, 0.3) is 0 Å². The van der Waals surface area contributed by atoms with E-state index in [4.69, 9.17) is 0 Å². The molecule has 1 radical (unpaired) electrons. The van der Waals surface area contributed by atoms with Gasteiger partial charge in [-0.1, -0.05) is 26.3 Å². The minimum absolute atomic E-state index is 0. The van der Waals surface area contributed by atoms with E-state index >= 15 is 0 Å². The fourth-order valence-electron chi connectivity index (χ4n) is 1.15. The fraction of sp³-hybridized carbons (Fsp3) is 0.455. The summed E-state index contributed by atoms with van der Waals surface area (Å²) in [4.78, 5) is 0. The van der Waals surface area contributed by atoms with Crippen molar-refractivity contribution >= 4 is 0 Å². The molecule has 75 valence electrons. The molecular formula is C11H13F2Ti. The molecule has 0 nitrogen and oxygen atoms in total. The molecule has 0 aliphatic carbocycles. The zero-order valence-electron chi connectivity index (χ0n) is 8.40. The van der Waals surface area contributed by atoms with Gasteiger partial charge < -0.3 is 0 Å². The Morgan fingerprint density at radius 2 is 2.00 bits per heavy atom. The first-order valence-corrected chi connectivity index (χ1v) is 4.49. The predicted molar refractivity (Wildman–Crippen MR) is 48.4 cm³/mol. The summed E-state index contributed by atoms with van der Waals surface area (Å²) in [5.41, 5.74) is 0.552. The zero-order chi connectivity index (χ0) is 9.84. The number of rotatable bonds is 3. The van der Waals surface area contributed by atoms with Gasteiger partial charge in [0.1, 0.15) is 11.6 Å². The Bertz CT molecular complexity index is 287. The molecule has 1 atom stereocenters. The molecule has 0 heterocycles. The standard InChI is InChI=1S/C11H13F2.Ti/c1-3-8(2)6-9-4-5-10(12)7-11(9)13;/h4-5,8H,3,6H2,1-2H3;. The molecule has 14 heavy (non-hydrogen) atoms. The maximum Gasteiger partial charge on any atom is 0.137 e. The Labute approximate surface area is 98.6 Å². The SMILES string of the molecule is CCC(C)Cc1ccc(F)[c]c1F.[Ti]. The van der Waals surface area contributed by atoms with E-state index in [-0.39, 0.29) is 21.7 Å². The van der Waals surface area contributed by atoms with Crippen LogP contribution in [0.15, 0.2) is 12.1 Å². The molecule has 0 aliphatic rings. The maximum absolute atomic E-state index is 13.1. The van der Waals surface area contributed by atoms with E-state index < -0.39 is 11.6 Å². The zero-order valence-corrected chi connectivity index (χ0v) is 9.96. The second-order valence-electron chi connectivity index (χ2n) is 3.36. The van der Waals surface area contributed by atoms with Gasteiger partial charge in [0, 0.05) is 21.7 Å². The van der Waals surface area contributed by atoms with E-state index in [1.165, 1.54) is 12.1 Å². The molecule has 1 aromatic rings. The monoisotopic (exact) mass is 231 g/mol. The summed E-state index contributed by atoms with van der Waals surface area (Å²) in [6.07, 6.45) is 1.65. The van der Waals surface area contributed by atoms with Gasteiger partial charge >= 0.3 is 0 Å². The third-order valence-electron chi connectivity index (χ3n) is 2.21. The third kappa shape index (κ3) is 3.89. The number of halogens is 2. The first kappa shape index (κ1) is 13.8. The van der Waals surface area contributed by atoms with Crippen LogP contribution >= 0.6 is 0 Å². The van der Waals surface area contributed by atoms with Crippen molar-refractivity contribution < 1.29 is 30.5 Å². The van der Waals surface area contributed by atoms with Gasteiger partial charge in [0.15, 0.2) is 0 Å². The van der Waals surface area contributed by atoms with E-state index in [0.29, 0.717) is 17.9 Å². The molecule has 0 saturated heterocycles. The predicted octanol–water partition coefficient (Wildman–Crippen LogP) is 3.35. The Hall–Kier alpha value is -0.206. The van der Waals surface area contributed by atoms with Crippen molar-refractivity contribution in [3.63, 3.8) is 0 Å². The van der Waals surface area contributed by atoms with E-state index in [1.807, 2.05) is 13.0 Å². The van der Waals surface area contributed by atoms with E-state index in [9.17, 15) is 8.78 Å². The van der Waals surface area contributed by atoms with Gasteiger partial charge in [0.2, 0.25) is 0 Å². The minimum atomic E-state index is -0.634. The van der Waals surface area contributed by atoms with Gasteiger partial charge in [-0.05, 0) is 24.0 Å². The Morgan fingerprint density at radius 1 is 1.36 bits per heavy atom. The van der Waals surface area contributed by atoms with Crippen LogP contribution in [0.1, 0.15) is 25.8 Å². The quantitative estimate of drug-likeness (QED) is 0.699. The Kier molecular flexibility index (Phi) is 6.22. The summed E-state index contributed by atoms with van der Waals surface area (Å²) in [7, 11) is 0. The second-order valence-corrected chi connectivity index (χ2v) is 3.36. The molecule has 0 amide bonds. The van der Waals surface area contributed by atoms with Gasteiger partial charge in [0.25, 0.3) is 0 Å². The Morgan fingerprint density at radius 3 is 2.50 bits per heavy atom. The summed E-state index contributed by atoms with van der Waals surface area (Å²) in [6, 6.07) is 4.78. The summed E-state index contributed by atoms with van der Waals surface area (Å²) in [5.74, 6) is -0.765. The number of hydrogen-bond donors (Lipinski definition) is 0. The largest absolute Gasteiger partial charge is 0.206 e. The second kappa shape index (κ2) is 6.31. The first-order valence-electron chi connectivity index (χ1n) is 4.49. The van der Waals surface area contributed by atoms with Crippen molar-refractivity contribution in [2.75, 3.05) is 0 Å². The van der Waals surface area contributed by atoms with E-state index in [0.717, 1.165) is 6.42 Å². The normalized spacial score (nSPS) is 12.0. The Balaban J connectivity index is 0.00000169. The molecular weight excluding hydrogens is 218 g/mol. The van der Waals surface area contributed by atoms with Crippen LogP contribution in [0.5, 0.6) is 0 Å². The van der Waals surface area contributed by atoms with Crippen LogP contribution < -0.4 is 0 Å². The molecule has 0 spiro atoms. The van der Waals surface area contributed by atoms with Crippen LogP contribution in [0.4, 0.5) is 8.78 Å². The molecule has 0 N–H and O–H groups in total. The maximum atomic E-state index is 13.1. The minimum Gasteiger partial charge on any atom is -0.206 e. The van der Waals surface area contributed by atoms with Crippen molar-refractivity contribution in [1.29, 1.82) is 0 Å². The molecule has 0 aliphatic heterocycles. The third-order valence-corrected chi connectivity index (χ3v) is 2.21. The topological polar surface area (TPSA) is 0 Å². The summed E-state index contributed by atoms with van der Waals surface area (Å²) in [5, 5.41) is 0. The van der Waals surface area contributed by atoms with Crippen LogP contribution in [0.3, 0.4) is 0 Å². The molecule has 1 aromatic carbocycles. The van der Waals surface area contributed by atoms with Crippen LogP contribution in [-0.2, 0) is 28.1 Å². The molecule has 1 unspecified atom stereocenters. The van der Waals surface area contributed by atoms with Gasteiger partial charge in [0.05, 0.1) is 6.07 Å². The van der Waals surface area contributed by atoms with Crippen molar-refractivity contribution in [3.8, 4) is 0 Å². The summed E-state index contributed by atoms with van der Waals surface area (Å²) >= 11 is 0. The summed E-state index contributed by atoms with van der Waals surface area (Å²) in [6.45, 7) is 4.10. The number of hydrogen-bond acceptors (Lipinski definition) is 0. The van der Waals surface area contributed by atoms with Crippen molar-refractivity contribution in [2.45, 2.75) is 26.7 Å². The van der Waals surface area contributed by atoms with Gasteiger partial charge in [-0.2, -0.15) is 0 Å². The van der Waals surface area contributed by atoms with Crippen LogP contribution in [-0.4, -0.2) is 0 Å². The van der Waals surface area contributed by atoms with Crippen molar-refractivity contribution in [2.24, 2.45) is 5.92 Å². The van der Waals surface area contributed by atoms with E-state index in [2.05, 4.69) is 6.92 Å². The van der Waals surface area contributed by atoms with Gasteiger partial charge in [-0.3, -0.25) is 0 Å².